The van der Waals surface area contributed by atoms with E-state index in [1.807, 2.05) is 5.32 Å². The predicted octanol–water partition coefficient (Wildman–Crippen LogP) is 3.79. The summed E-state index contributed by atoms with van der Waals surface area (Å²) in [6.07, 6.45) is -1.68. The van der Waals surface area contributed by atoms with Gasteiger partial charge in [-0.3, -0.25) is 4.79 Å². The molecule has 0 spiro atoms. The number of carbonyl (C=O) groups is 1. The second kappa shape index (κ2) is 5.08. The van der Waals surface area contributed by atoms with Crippen molar-refractivity contribution in [3.63, 3.8) is 0 Å². The number of amides is 1. The molecule has 22 heavy (non-hydrogen) atoms. The van der Waals surface area contributed by atoms with Gasteiger partial charge in [-0.05, 0) is 31.5 Å². The van der Waals surface area contributed by atoms with Crippen LogP contribution in [-0.2, 0) is 11.2 Å². The number of fused-ring (bicyclic) bond motifs is 2. The monoisotopic (exact) mass is 311 g/mol. The summed E-state index contributed by atoms with van der Waals surface area (Å²) >= 11 is 0. The molecule has 2 aromatic heterocycles. The third-order valence-electron chi connectivity index (χ3n) is 3.42. The maximum atomic E-state index is 12.3. The van der Waals surface area contributed by atoms with Crippen molar-refractivity contribution in [2.75, 3.05) is 0 Å². The van der Waals surface area contributed by atoms with E-state index in [0.29, 0.717) is 16.7 Å². The van der Waals surface area contributed by atoms with Gasteiger partial charge in [0.1, 0.15) is 11.2 Å². The van der Waals surface area contributed by atoms with E-state index in [-0.39, 0.29) is 6.42 Å². The molecule has 1 unspecified atom stereocenters. The summed E-state index contributed by atoms with van der Waals surface area (Å²) in [7, 11) is 0. The minimum absolute atomic E-state index is 0.197. The molecule has 116 valence electrons. The fraction of sp³-hybridized carbons (Fsp3) is 0.267. The Morgan fingerprint density at radius 1 is 1.27 bits per heavy atom. The zero-order valence-corrected chi connectivity index (χ0v) is 11.5. The van der Waals surface area contributed by atoms with Gasteiger partial charge in [-0.2, -0.15) is 13.2 Å². The van der Waals surface area contributed by atoms with Crippen LogP contribution < -0.4 is 5.32 Å². The molecule has 0 aliphatic rings. The molecule has 0 saturated heterocycles. The standard InChI is InChI=1S/C15H12F3NO3/c1-8(19-14(20)15(16,17)18)6-11-10-3-5-21-12(10)7-9-2-4-22-13(9)11/h2-5,7-8H,6H2,1H3,(H,19,20). The minimum Gasteiger partial charge on any atom is -0.464 e. The maximum Gasteiger partial charge on any atom is 0.471 e. The Hall–Kier alpha value is -2.44. The summed E-state index contributed by atoms with van der Waals surface area (Å²) in [5, 5.41) is 3.50. The van der Waals surface area contributed by atoms with Gasteiger partial charge in [0.25, 0.3) is 0 Å². The number of hydrogen-bond acceptors (Lipinski definition) is 3. The zero-order chi connectivity index (χ0) is 15.9. The maximum absolute atomic E-state index is 12.3. The van der Waals surface area contributed by atoms with E-state index in [1.54, 1.807) is 18.2 Å². The normalized spacial score (nSPS) is 13.6. The predicted molar refractivity (Wildman–Crippen MR) is 73.3 cm³/mol. The van der Waals surface area contributed by atoms with Crippen LogP contribution in [-0.4, -0.2) is 18.1 Å². The van der Waals surface area contributed by atoms with E-state index in [9.17, 15) is 18.0 Å². The summed E-state index contributed by atoms with van der Waals surface area (Å²) in [6, 6.07) is 4.57. The Bertz CT molecular complexity index is 783. The van der Waals surface area contributed by atoms with Gasteiger partial charge in [0.15, 0.2) is 0 Å². The SMILES string of the molecule is CC(Cc1c2ccoc2cc2ccoc12)NC(=O)C(F)(F)F. The molecule has 0 radical (unpaired) electrons. The molecule has 0 aliphatic carbocycles. The molecule has 3 rings (SSSR count). The quantitative estimate of drug-likeness (QED) is 0.800. The fourth-order valence-electron chi connectivity index (χ4n) is 2.49. The molecular formula is C15H12F3NO3. The van der Waals surface area contributed by atoms with Crippen LogP contribution in [0.2, 0.25) is 0 Å². The van der Waals surface area contributed by atoms with Crippen molar-refractivity contribution in [1.29, 1.82) is 0 Å². The first-order valence-corrected chi connectivity index (χ1v) is 6.60. The molecule has 1 amide bonds. The molecule has 0 aliphatic heterocycles. The highest BCUT2D eigenvalue weighted by molar-refractivity contribution is 5.97. The number of nitrogens with one attached hydrogen (secondary N) is 1. The smallest absolute Gasteiger partial charge is 0.464 e. The van der Waals surface area contributed by atoms with Gasteiger partial charge < -0.3 is 14.2 Å². The van der Waals surface area contributed by atoms with Crippen LogP contribution in [0.4, 0.5) is 13.2 Å². The van der Waals surface area contributed by atoms with Crippen molar-refractivity contribution in [3.8, 4) is 0 Å². The molecule has 2 heterocycles. The summed E-state index contributed by atoms with van der Waals surface area (Å²) in [6.45, 7) is 1.51. The minimum atomic E-state index is -4.89. The van der Waals surface area contributed by atoms with Gasteiger partial charge in [0.2, 0.25) is 0 Å². The van der Waals surface area contributed by atoms with Gasteiger partial charge >= 0.3 is 12.1 Å². The van der Waals surface area contributed by atoms with Crippen molar-refractivity contribution >= 4 is 27.8 Å². The van der Waals surface area contributed by atoms with Crippen LogP contribution >= 0.6 is 0 Å². The number of rotatable bonds is 3. The molecule has 0 saturated carbocycles. The lowest BCUT2D eigenvalue weighted by Gasteiger charge is -2.16. The second-order valence-corrected chi connectivity index (χ2v) is 5.10. The molecule has 0 fully saturated rings. The van der Waals surface area contributed by atoms with Crippen LogP contribution in [0.1, 0.15) is 12.5 Å². The van der Waals surface area contributed by atoms with Gasteiger partial charge in [-0.25, -0.2) is 0 Å². The largest absolute Gasteiger partial charge is 0.471 e. The molecule has 0 bridgehead atoms. The third-order valence-corrected chi connectivity index (χ3v) is 3.42. The average molecular weight is 311 g/mol. The lowest BCUT2D eigenvalue weighted by atomic mass is 10.0. The van der Waals surface area contributed by atoms with Crippen molar-refractivity contribution in [1.82, 2.24) is 5.32 Å². The van der Waals surface area contributed by atoms with Gasteiger partial charge in [0, 0.05) is 22.4 Å². The fourth-order valence-corrected chi connectivity index (χ4v) is 2.49. The summed E-state index contributed by atoms with van der Waals surface area (Å²) in [4.78, 5) is 11.0. The van der Waals surface area contributed by atoms with E-state index in [0.717, 1.165) is 10.8 Å². The van der Waals surface area contributed by atoms with Crippen LogP contribution in [0.5, 0.6) is 0 Å². The Kier molecular flexibility index (Phi) is 3.35. The zero-order valence-electron chi connectivity index (χ0n) is 11.5. The first-order valence-electron chi connectivity index (χ1n) is 6.60. The lowest BCUT2D eigenvalue weighted by Crippen LogP contribution is -2.42. The number of benzene rings is 1. The Balaban J connectivity index is 1.93. The molecule has 3 aromatic rings. The average Bonchev–Trinajstić information content (AvgIpc) is 3.05. The molecule has 7 heteroatoms. The number of halogens is 3. The summed E-state index contributed by atoms with van der Waals surface area (Å²) in [5.74, 6) is -1.95. The highest BCUT2D eigenvalue weighted by Crippen LogP contribution is 2.31. The van der Waals surface area contributed by atoms with E-state index in [4.69, 9.17) is 8.83 Å². The second-order valence-electron chi connectivity index (χ2n) is 5.10. The molecule has 1 aromatic carbocycles. The number of carbonyl (C=O) groups excluding carboxylic acids is 1. The topological polar surface area (TPSA) is 55.4 Å². The van der Waals surface area contributed by atoms with Crippen molar-refractivity contribution in [2.24, 2.45) is 0 Å². The summed E-state index contributed by atoms with van der Waals surface area (Å²) in [5.41, 5.74) is 1.92. The Morgan fingerprint density at radius 3 is 2.73 bits per heavy atom. The van der Waals surface area contributed by atoms with E-state index >= 15 is 0 Å². The van der Waals surface area contributed by atoms with E-state index < -0.39 is 18.1 Å². The Labute approximate surface area is 122 Å². The van der Waals surface area contributed by atoms with Crippen molar-refractivity contribution in [2.45, 2.75) is 25.6 Å². The summed E-state index contributed by atoms with van der Waals surface area (Å²) < 4.78 is 47.7. The number of furan rings is 2. The first kappa shape index (κ1) is 14.5. The van der Waals surface area contributed by atoms with Gasteiger partial charge in [-0.15, -0.1) is 0 Å². The molecule has 4 nitrogen and oxygen atoms in total. The van der Waals surface area contributed by atoms with Crippen LogP contribution in [0.25, 0.3) is 21.9 Å². The third kappa shape index (κ3) is 2.54. The lowest BCUT2D eigenvalue weighted by molar-refractivity contribution is -0.174. The first-order chi connectivity index (χ1) is 10.4. The number of alkyl halides is 3. The van der Waals surface area contributed by atoms with E-state index in [1.165, 1.54) is 19.5 Å². The molecule has 1 atom stereocenters. The van der Waals surface area contributed by atoms with Crippen LogP contribution in [0.15, 0.2) is 39.6 Å². The van der Waals surface area contributed by atoms with Crippen LogP contribution in [0.3, 0.4) is 0 Å². The van der Waals surface area contributed by atoms with Crippen molar-refractivity contribution < 1.29 is 26.8 Å². The Morgan fingerprint density at radius 2 is 2.00 bits per heavy atom. The number of hydrogen-bond donors (Lipinski definition) is 1. The highest BCUT2D eigenvalue weighted by atomic mass is 19.4. The van der Waals surface area contributed by atoms with Crippen LogP contribution in [0, 0.1) is 0 Å². The van der Waals surface area contributed by atoms with Gasteiger partial charge in [-0.1, -0.05) is 0 Å². The van der Waals surface area contributed by atoms with Gasteiger partial charge in [0.05, 0.1) is 12.5 Å². The molecular weight excluding hydrogens is 299 g/mol. The highest BCUT2D eigenvalue weighted by Gasteiger charge is 2.39. The van der Waals surface area contributed by atoms with E-state index in [2.05, 4.69) is 0 Å². The van der Waals surface area contributed by atoms with Crippen molar-refractivity contribution in [3.05, 3.63) is 36.3 Å². The molecule has 1 N–H and O–H groups in total.